The lowest BCUT2D eigenvalue weighted by Gasteiger charge is -2.12. The van der Waals surface area contributed by atoms with Gasteiger partial charge in [-0.1, -0.05) is 12.1 Å². The lowest BCUT2D eigenvalue weighted by Crippen LogP contribution is -2.07. The topological polar surface area (TPSA) is 33.1 Å². The SMILES string of the molecule is OC(Cc1cccc(F)c1Br)c1ncccc1F. The molecule has 1 aromatic heterocycles. The van der Waals surface area contributed by atoms with E-state index in [2.05, 4.69) is 20.9 Å². The number of aliphatic hydroxyl groups is 1. The highest BCUT2D eigenvalue weighted by atomic mass is 79.9. The Balaban J connectivity index is 2.24. The molecule has 0 fully saturated rings. The molecule has 2 rings (SSSR count). The van der Waals surface area contributed by atoms with E-state index in [4.69, 9.17) is 0 Å². The third-order valence-corrected chi connectivity index (χ3v) is 3.44. The van der Waals surface area contributed by atoms with Gasteiger partial charge in [0, 0.05) is 12.6 Å². The molecule has 1 unspecified atom stereocenters. The number of rotatable bonds is 3. The fourth-order valence-electron chi connectivity index (χ4n) is 1.65. The fraction of sp³-hybridized carbons (Fsp3) is 0.154. The molecule has 1 aromatic carbocycles. The first-order valence-electron chi connectivity index (χ1n) is 5.31. The molecule has 1 heterocycles. The number of aliphatic hydroxyl groups excluding tert-OH is 1. The van der Waals surface area contributed by atoms with Crippen molar-refractivity contribution in [2.75, 3.05) is 0 Å². The Labute approximate surface area is 111 Å². The minimum Gasteiger partial charge on any atom is -0.386 e. The maximum Gasteiger partial charge on any atom is 0.147 e. The minimum atomic E-state index is -1.11. The zero-order valence-electron chi connectivity index (χ0n) is 9.28. The first-order chi connectivity index (χ1) is 8.59. The molecular formula is C13H10BrF2NO. The predicted molar refractivity (Wildman–Crippen MR) is 67.0 cm³/mol. The number of aromatic nitrogens is 1. The summed E-state index contributed by atoms with van der Waals surface area (Å²) >= 11 is 3.10. The van der Waals surface area contributed by atoms with Gasteiger partial charge in [-0.05, 0) is 39.7 Å². The zero-order valence-corrected chi connectivity index (χ0v) is 10.9. The van der Waals surface area contributed by atoms with Crippen molar-refractivity contribution in [2.24, 2.45) is 0 Å². The van der Waals surface area contributed by atoms with Gasteiger partial charge in [-0.25, -0.2) is 8.78 Å². The molecule has 0 saturated carbocycles. The van der Waals surface area contributed by atoms with E-state index in [0.29, 0.717) is 5.56 Å². The van der Waals surface area contributed by atoms with E-state index in [0.717, 1.165) is 0 Å². The Morgan fingerprint density at radius 3 is 2.61 bits per heavy atom. The number of nitrogens with zero attached hydrogens (tertiary/aromatic N) is 1. The van der Waals surface area contributed by atoms with Gasteiger partial charge < -0.3 is 5.11 Å². The summed E-state index contributed by atoms with van der Waals surface area (Å²) in [5, 5.41) is 9.92. The molecule has 1 atom stereocenters. The van der Waals surface area contributed by atoms with Crippen LogP contribution in [0.3, 0.4) is 0 Å². The lowest BCUT2D eigenvalue weighted by molar-refractivity contribution is 0.168. The molecule has 0 aliphatic heterocycles. The summed E-state index contributed by atoms with van der Waals surface area (Å²) in [6, 6.07) is 7.19. The quantitative estimate of drug-likeness (QED) is 0.942. The van der Waals surface area contributed by atoms with Crippen molar-refractivity contribution in [3.05, 3.63) is 63.9 Å². The lowest BCUT2D eigenvalue weighted by atomic mass is 10.0. The zero-order chi connectivity index (χ0) is 13.1. The number of benzene rings is 1. The summed E-state index contributed by atoms with van der Waals surface area (Å²) in [7, 11) is 0. The van der Waals surface area contributed by atoms with Gasteiger partial charge in [0.2, 0.25) is 0 Å². The summed E-state index contributed by atoms with van der Waals surface area (Å²) in [5.41, 5.74) is 0.529. The summed E-state index contributed by atoms with van der Waals surface area (Å²) in [5.74, 6) is -0.987. The third-order valence-electron chi connectivity index (χ3n) is 2.55. The highest BCUT2D eigenvalue weighted by molar-refractivity contribution is 9.10. The molecule has 1 N–H and O–H groups in total. The normalized spacial score (nSPS) is 12.4. The van der Waals surface area contributed by atoms with E-state index < -0.39 is 17.7 Å². The predicted octanol–water partition coefficient (Wildman–Crippen LogP) is 3.40. The largest absolute Gasteiger partial charge is 0.386 e. The molecule has 0 aliphatic carbocycles. The average Bonchev–Trinajstić information content (AvgIpc) is 2.35. The van der Waals surface area contributed by atoms with E-state index in [-0.39, 0.29) is 16.6 Å². The maximum absolute atomic E-state index is 13.4. The molecule has 0 saturated heterocycles. The van der Waals surface area contributed by atoms with E-state index in [1.807, 2.05) is 0 Å². The van der Waals surface area contributed by atoms with Crippen molar-refractivity contribution >= 4 is 15.9 Å². The van der Waals surface area contributed by atoms with Gasteiger partial charge in [-0.3, -0.25) is 4.98 Å². The van der Waals surface area contributed by atoms with Crippen molar-refractivity contribution in [1.82, 2.24) is 4.98 Å². The van der Waals surface area contributed by atoms with E-state index in [9.17, 15) is 13.9 Å². The molecule has 0 radical (unpaired) electrons. The Bertz CT molecular complexity index is 562. The molecule has 2 nitrogen and oxygen atoms in total. The van der Waals surface area contributed by atoms with Crippen molar-refractivity contribution in [2.45, 2.75) is 12.5 Å². The Morgan fingerprint density at radius 2 is 1.89 bits per heavy atom. The average molecular weight is 314 g/mol. The molecular weight excluding hydrogens is 304 g/mol. The molecule has 0 aliphatic rings. The first-order valence-corrected chi connectivity index (χ1v) is 6.10. The highest BCUT2D eigenvalue weighted by Crippen LogP contribution is 2.26. The smallest absolute Gasteiger partial charge is 0.147 e. The van der Waals surface area contributed by atoms with Crippen LogP contribution in [0, 0.1) is 11.6 Å². The molecule has 94 valence electrons. The van der Waals surface area contributed by atoms with Crippen LogP contribution in [0.4, 0.5) is 8.78 Å². The van der Waals surface area contributed by atoms with Crippen LogP contribution in [-0.2, 0) is 6.42 Å². The highest BCUT2D eigenvalue weighted by Gasteiger charge is 2.16. The molecule has 0 bridgehead atoms. The van der Waals surface area contributed by atoms with Gasteiger partial charge in [-0.15, -0.1) is 0 Å². The van der Waals surface area contributed by atoms with Crippen molar-refractivity contribution in [3.8, 4) is 0 Å². The molecule has 0 amide bonds. The monoisotopic (exact) mass is 313 g/mol. The van der Waals surface area contributed by atoms with Crippen LogP contribution in [0.2, 0.25) is 0 Å². The van der Waals surface area contributed by atoms with Crippen LogP contribution in [0.5, 0.6) is 0 Å². The van der Waals surface area contributed by atoms with Crippen molar-refractivity contribution < 1.29 is 13.9 Å². The Hall–Kier alpha value is -1.33. The van der Waals surface area contributed by atoms with E-state index in [1.165, 1.54) is 30.5 Å². The second-order valence-electron chi connectivity index (χ2n) is 3.80. The van der Waals surface area contributed by atoms with Gasteiger partial charge in [0.1, 0.15) is 23.4 Å². The fourth-order valence-corrected chi connectivity index (χ4v) is 2.08. The number of pyridine rings is 1. The van der Waals surface area contributed by atoms with Crippen LogP contribution >= 0.6 is 15.9 Å². The Morgan fingerprint density at radius 1 is 1.17 bits per heavy atom. The number of hydrogen-bond donors (Lipinski definition) is 1. The van der Waals surface area contributed by atoms with Crippen LogP contribution in [0.15, 0.2) is 41.0 Å². The van der Waals surface area contributed by atoms with Crippen molar-refractivity contribution in [3.63, 3.8) is 0 Å². The summed E-state index contributed by atoms with van der Waals surface area (Å²) in [6.45, 7) is 0. The van der Waals surface area contributed by atoms with E-state index >= 15 is 0 Å². The second-order valence-corrected chi connectivity index (χ2v) is 4.60. The molecule has 2 aromatic rings. The van der Waals surface area contributed by atoms with Crippen LogP contribution in [0.25, 0.3) is 0 Å². The number of hydrogen-bond acceptors (Lipinski definition) is 2. The molecule has 5 heteroatoms. The summed E-state index contributed by atoms with van der Waals surface area (Å²) in [4.78, 5) is 3.79. The second kappa shape index (κ2) is 5.54. The van der Waals surface area contributed by atoms with Gasteiger partial charge >= 0.3 is 0 Å². The summed E-state index contributed by atoms with van der Waals surface area (Å²) < 4.78 is 27.0. The Kier molecular flexibility index (Phi) is 4.04. The third kappa shape index (κ3) is 2.73. The first kappa shape index (κ1) is 13.1. The van der Waals surface area contributed by atoms with Crippen LogP contribution < -0.4 is 0 Å². The van der Waals surface area contributed by atoms with Gasteiger partial charge in [0.05, 0.1) is 4.47 Å². The van der Waals surface area contributed by atoms with Gasteiger partial charge in [-0.2, -0.15) is 0 Å². The van der Waals surface area contributed by atoms with Gasteiger partial charge in [0.25, 0.3) is 0 Å². The molecule has 18 heavy (non-hydrogen) atoms. The summed E-state index contributed by atoms with van der Waals surface area (Å²) in [6.07, 6.45) is 0.387. The number of halogens is 3. The van der Waals surface area contributed by atoms with Crippen LogP contribution in [0.1, 0.15) is 17.4 Å². The maximum atomic E-state index is 13.4. The standard InChI is InChI=1S/C13H10BrF2NO/c14-12-8(3-1-4-9(12)15)7-11(18)13-10(16)5-2-6-17-13/h1-6,11,18H,7H2. The van der Waals surface area contributed by atoms with Crippen LogP contribution in [-0.4, -0.2) is 10.1 Å². The van der Waals surface area contributed by atoms with Crippen molar-refractivity contribution in [1.29, 1.82) is 0 Å². The van der Waals surface area contributed by atoms with Gasteiger partial charge in [0.15, 0.2) is 0 Å². The van der Waals surface area contributed by atoms with E-state index in [1.54, 1.807) is 6.07 Å². The minimum absolute atomic E-state index is 0.0336. The molecule has 0 spiro atoms.